The number of thiol groups is 1. The summed E-state index contributed by atoms with van der Waals surface area (Å²) < 4.78 is 7.12. The Morgan fingerprint density at radius 2 is 1.16 bits per heavy atom. The summed E-state index contributed by atoms with van der Waals surface area (Å²) in [5, 5.41) is 12.9. The topological polar surface area (TPSA) is 162 Å². The fourth-order valence-corrected chi connectivity index (χ4v) is 4.48. The Balaban J connectivity index is -0.0000000831. The predicted molar refractivity (Wildman–Crippen MR) is 171 cm³/mol. The summed E-state index contributed by atoms with van der Waals surface area (Å²) in [4.78, 5) is 7.27. The Morgan fingerprint density at radius 3 is 1.41 bits per heavy atom. The van der Waals surface area contributed by atoms with Crippen LogP contribution in [-0.2, 0) is 10.9 Å². The molecule has 0 saturated carbocycles. The average Bonchev–Trinajstić information content (AvgIpc) is 3.52. The average molecular weight is 661 g/mol. The molecule has 37 heavy (non-hydrogen) atoms. The van der Waals surface area contributed by atoms with Crippen molar-refractivity contribution in [3.8, 4) is 0 Å². The zero-order chi connectivity index (χ0) is 25.3. The first-order valence-corrected chi connectivity index (χ1v) is 15.0. The van der Waals surface area contributed by atoms with E-state index in [-0.39, 0.29) is 71.6 Å². The fourth-order valence-electron chi connectivity index (χ4n) is 3.51. The van der Waals surface area contributed by atoms with Crippen molar-refractivity contribution in [2.75, 3.05) is 82.9 Å². The minimum atomic E-state index is -0.603. The van der Waals surface area contributed by atoms with E-state index in [1.54, 1.807) is 6.92 Å². The van der Waals surface area contributed by atoms with Crippen LogP contribution in [0.5, 0.6) is 0 Å². The van der Waals surface area contributed by atoms with Crippen LogP contribution in [-0.4, -0.2) is 113 Å². The molecule has 16 heteroatoms. The van der Waals surface area contributed by atoms with E-state index in [0.29, 0.717) is 0 Å². The SMILES string of the molecule is CCO.Cl.Cl.ClCCN1CCCC1.N=S(N)CCN1CCCC1.NC(N)=S.SCCN1CCCC1.[Na+].[OH-]. The van der Waals surface area contributed by atoms with Gasteiger partial charge in [0, 0.05) is 43.6 Å². The molecule has 1 unspecified atom stereocenters. The summed E-state index contributed by atoms with van der Waals surface area (Å²) in [6.07, 6.45) is 8.20. The van der Waals surface area contributed by atoms with Crippen LogP contribution >= 0.6 is 61.3 Å². The molecule has 3 rings (SSSR count). The maximum Gasteiger partial charge on any atom is 1.00 e. The van der Waals surface area contributed by atoms with Gasteiger partial charge >= 0.3 is 29.6 Å². The molecule has 9 N–H and O–H groups in total. The molecular weight excluding hydrogens is 608 g/mol. The van der Waals surface area contributed by atoms with Gasteiger partial charge in [-0.1, -0.05) is 0 Å². The Labute approximate surface area is 279 Å². The van der Waals surface area contributed by atoms with Gasteiger partial charge in [0.1, 0.15) is 0 Å². The summed E-state index contributed by atoms with van der Waals surface area (Å²) in [5.41, 5.74) is 9.24. The third-order valence-electron chi connectivity index (χ3n) is 5.04. The van der Waals surface area contributed by atoms with Crippen LogP contribution in [0.15, 0.2) is 0 Å². The van der Waals surface area contributed by atoms with Crippen molar-refractivity contribution in [2.24, 2.45) is 16.6 Å². The quantitative estimate of drug-likeness (QED) is 0.0918. The fraction of sp³-hybridized carbons (Fsp3) is 0.952. The number of hydrogen-bond donors (Lipinski definition) is 6. The van der Waals surface area contributed by atoms with Gasteiger partial charge in [0.05, 0.1) is 0 Å². The predicted octanol–water partition coefficient (Wildman–Crippen LogP) is -0.472. The number of hydrogen-bond acceptors (Lipinski definition) is 8. The summed E-state index contributed by atoms with van der Waals surface area (Å²) in [7, 11) is -0.603. The van der Waals surface area contributed by atoms with E-state index in [1.807, 2.05) is 0 Å². The molecule has 0 aromatic rings. The van der Waals surface area contributed by atoms with Crippen LogP contribution < -0.4 is 46.2 Å². The van der Waals surface area contributed by atoms with E-state index in [0.717, 1.165) is 30.5 Å². The zero-order valence-electron chi connectivity index (χ0n) is 22.9. The molecule has 0 bridgehead atoms. The zero-order valence-corrected chi connectivity index (χ0v) is 29.8. The molecule has 0 aliphatic carbocycles. The van der Waals surface area contributed by atoms with Gasteiger partial charge in [-0.05, 0) is 108 Å². The number of alkyl halides is 1. The number of likely N-dealkylation sites (tertiary alicyclic amines) is 3. The van der Waals surface area contributed by atoms with Gasteiger partial charge in [-0.3, -0.25) is 9.92 Å². The molecule has 0 radical (unpaired) electrons. The molecule has 3 saturated heterocycles. The number of aliphatic hydroxyl groups is 1. The molecule has 9 nitrogen and oxygen atoms in total. The Kier molecular flexibility index (Phi) is 55.7. The van der Waals surface area contributed by atoms with Gasteiger partial charge < -0.3 is 36.7 Å². The van der Waals surface area contributed by atoms with Gasteiger partial charge in [-0.25, -0.2) is 0 Å². The monoisotopic (exact) mass is 659 g/mol. The third kappa shape index (κ3) is 42.4. The molecular formula is C21H53Cl3N7NaO2S3. The molecule has 3 aliphatic rings. The van der Waals surface area contributed by atoms with E-state index >= 15 is 0 Å². The van der Waals surface area contributed by atoms with Crippen molar-refractivity contribution in [1.82, 2.24) is 14.7 Å². The minimum absolute atomic E-state index is 0. The molecule has 224 valence electrons. The first-order valence-electron chi connectivity index (χ1n) is 12.0. The third-order valence-corrected chi connectivity index (χ3v) is 6.03. The number of nitrogens with one attached hydrogen (secondary N) is 1. The minimum Gasteiger partial charge on any atom is -0.870 e. The second kappa shape index (κ2) is 40.0. The maximum atomic E-state index is 7.57. The molecule has 0 aromatic carbocycles. The van der Waals surface area contributed by atoms with Gasteiger partial charge in [-0.15, -0.1) is 36.4 Å². The van der Waals surface area contributed by atoms with Crippen molar-refractivity contribution in [3.63, 3.8) is 0 Å². The normalized spacial score (nSPS) is 17.0. The van der Waals surface area contributed by atoms with Crippen molar-refractivity contribution >= 4 is 77.3 Å². The van der Waals surface area contributed by atoms with Crippen molar-refractivity contribution in [1.29, 1.82) is 4.78 Å². The smallest absolute Gasteiger partial charge is 0.870 e. The second-order valence-electron chi connectivity index (χ2n) is 7.91. The molecule has 1 atom stereocenters. The van der Waals surface area contributed by atoms with Crippen LogP contribution in [0.25, 0.3) is 0 Å². The standard InChI is InChI=1S/C6H12ClN.C6H15N3S.C6H13NS.C2H6O.CH4N2S.2ClH.Na.H2O/c7-3-6-8-4-1-2-5-8;7-10(8)6-5-9-3-1-2-4-9;8-6-5-7-3-1-2-4-7;1-2-3;2-1(3)4;;;;/h1-6H2;1-6H2,(H3,7,8);8H,1-6H2;3H,2H2,1H3;(H4,2,3,4);2*1H;;1H2/q;;;;;;;+1;/p-1. The van der Waals surface area contributed by atoms with Crippen molar-refractivity contribution in [2.45, 2.75) is 45.4 Å². The Bertz CT molecular complexity index is 447. The first kappa shape index (κ1) is 51.5. The maximum absolute atomic E-state index is 7.57. The molecule has 0 spiro atoms. The van der Waals surface area contributed by atoms with Gasteiger partial charge in [0.25, 0.3) is 0 Å². The van der Waals surface area contributed by atoms with E-state index in [4.69, 9.17) is 26.6 Å². The molecule has 3 fully saturated rings. The van der Waals surface area contributed by atoms with Crippen LogP contribution in [0.3, 0.4) is 0 Å². The second-order valence-corrected chi connectivity index (χ2v) is 10.5. The van der Waals surface area contributed by atoms with Crippen molar-refractivity contribution in [3.05, 3.63) is 0 Å². The van der Waals surface area contributed by atoms with Crippen molar-refractivity contribution < 1.29 is 40.1 Å². The number of rotatable bonds is 7. The van der Waals surface area contributed by atoms with E-state index < -0.39 is 10.9 Å². The Hall–Kier alpha value is 1.82. The van der Waals surface area contributed by atoms with E-state index in [9.17, 15) is 0 Å². The first-order chi connectivity index (χ1) is 15.8. The summed E-state index contributed by atoms with van der Waals surface area (Å²) in [6, 6.07) is 0. The summed E-state index contributed by atoms with van der Waals surface area (Å²) in [5.74, 6) is 2.65. The number of nitrogens with two attached hydrogens (primary N) is 3. The number of halogens is 3. The number of aliphatic hydroxyl groups excluding tert-OH is 1. The summed E-state index contributed by atoms with van der Waals surface area (Å²) >= 11 is 13.8. The molecule has 0 amide bonds. The van der Waals surface area contributed by atoms with E-state index in [1.165, 1.54) is 84.3 Å². The van der Waals surface area contributed by atoms with E-state index in [2.05, 4.69) is 51.0 Å². The van der Waals surface area contributed by atoms with Gasteiger partial charge in [0.15, 0.2) is 5.11 Å². The van der Waals surface area contributed by atoms with Crippen LogP contribution in [0.4, 0.5) is 0 Å². The Morgan fingerprint density at radius 1 is 0.892 bits per heavy atom. The van der Waals surface area contributed by atoms with Gasteiger partial charge in [0.2, 0.25) is 0 Å². The van der Waals surface area contributed by atoms with Crippen LogP contribution in [0.1, 0.15) is 45.4 Å². The molecule has 3 aliphatic heterocycles. The van der Waals surface area contributed by atoms with Crippen LogP contribution in [0.2, 0.25) is 0 Å². The molecule has 3 heterocycles. The number of thiocarbonyl (C=S) groups is 1. The molecule has 0 aromatic heterocycles. The number of nitrogens with zero attached hydrogens (tertiary/aromatic N) is 3. The van der Waals surface area contributed by atoms with Gasteiger partial charge in [-0.2, -0.15) is 12.6 Å². The summed E-state index contributed by atoms with van der Waals surface area (Å²) in [6.45, 7) is 12.8. The van der Waals surface area contributed by atoms with Crippen LogP contribution in [0, 0.1) is 4.78 Å². The largest absolute Gasteiger partial charge is 1.00 e.